The van der Waals surface area contributed by atoms with Gasteiger partial charge in [0.05, 0.1) is 0 Å². The van der Waals surface area contributed by atoms with Crippen LogP contribution in [0.4, 0.5) is 17.1 Å². The average molecular weight is 698 g/mol. The Bertz CT molecular complexity index is 3210. The van der Waals surface area contributed by atoms with Crippen molar-refractivity contribution in [3.8, 4) is 22.3 Å². The quantitative estimate of drug-likeness (QED) is 0.162. The molecular weight excluding hydrogens is 663 g/mol. The maximum Gasteiger partial charge on any atom is 0.0468 e. The van der Waals surface area contributed by atoms with E-state index in [1.807, 2.05) is 0 Å². The first-order valence-electron chi connectivity index (χ1n) is 19.0. The van der Waals surface area contributed by atoms with E-state index in [4.69, 9.17) is 0 Å². The van der Waals surface area contributed by atoms with Crippen LogP contribution in [0.5, 0.6) is 0 Å². The van der Waals surface area contributed by atoms with Gasteiger partial charge >= 0.3 is 0 Å². The molecule has 0 aromatic heterocycles. The fourth-order valence-corrected chi connectivity index (χ4v) is 8.74. The fourth-order valence-electron chi connectivity index (χ4n) is 8.74. The predicted octanol–water partition coefficient (Wildman–Crippen LogP) is 15.4. The summed E-state index contributed by atoms with van der Waals surface area (Å²) < 4.78 is 0. The Kier molecular flexibility index (Phi) is 7.25. The molecule has 256 valence electrons. The Morgan fingerprint density at radius 3 is 1.33 bits per heavy atom. The molecule has 0 saturated heterocycles. The largest absolute Gasteiger partial charge is 0.310 e. The first-order chi connectivity index (χ1) is 27.3. The van der Waals surface area contributed by atoms with Gasteiger partial charge in [-0.2, -0.15) is 0 Å². The topological polar surface area (TPSA) is 3.24 Å². The van der Waals surface area contributed by atoms with E-state index in [0.29, 0.717) is 0 Å². The summed E-state index contributed by atoms with van der Waals surface area (Å²) in [6.45, 7) is 0. The zero-order chi connectivity index (χ0) is 36.3. The Hall–Kier alpha value is -7.22. The van der Waals surface area contributed by atoms with Crippen LogP contribution in [0.3, 0.4) is 0 Å². The Morgan fingerprint density at radius 1 is 0.218 bits per heavy atom. The Morgan fingerprint density at radius 2 is 0.655 bits per heavy atom. The lowest BCUT2D eigenvalue weighted by molar-refractivity contribution is 1.29. The molecule has 0 N–H and O–H groups in total. The van der Waals surface area contributed by atoms with Crippen LogP contribution in [0.25, 0.3) is 86.9 Å². The first-order valence-corrected chi connectivity index (χ1v) is 19.0. The molecule has 0 unspecified atom stereocenters. The minimum Gasteiger partial charge on any atom is -0.310 e. The van der Waals surface area contributed by atoms with Gasteiger partial charge in [-0.25, -0.2) is 0 Å². The van der Waals surface area contributed by atoms with Crippen LogP contribution in [-0.4, -0.2) is 0 Å². The molecule has 11 aromatic carbocycles. The van der Waals surface area contributed by atoms with E-state index in [2.05, 4.69) is 217 Å². The SMILES string of the molecule is c1ccc2c(-c3ccc(N(c4ccc(-c5ccc6c(ccc7ccccc76)c5)cc4)c4ccc5c6ccccc6c6ccccc6c5c4)cc3)cccc2c1. The molecule has 0 aliphatic rings. The van der Waals surface area contributed by atoms with Crippen LogP contribution in [0, 0.1) is 0 Å². The van der Waals surface area contributed by atoms with Crippen LogP contribution >= 0.6 is 0 Å². The van der Waals surface area contributed by atoms with Gasteiger partial charge < -0.3 is 4.90 Å². The lowest BCUT2D eigenvalue weighted by Gasteiger charge is -2.27. The van der Waals surface area contributed by atoms with Gasteiger partial charge in [0.2, 0.25) is 0 Å². The molecule has 0 spiro atoms. The summed E-state index contributed by atoms with van der Waals surface area (Å²) in [7, 11) is 0. The number of nitrogens with zero attached hydrogens (tertiary/aromatic N) is 1. The molecule has 55 heavy (non-hydrogen) atoms. The third-order valence-electron chi connectivity index (χ3n) is 11.4. The van der Waals surface area contributed by atoms with Gasteiger partial charge in [0.25, 0.3) is 0 Å². The fraction of sp³-hybridized carbons (Fsp3) is 0. The molecule has 0 radical (unpaired) electrons. The molecule has 0 aliphatic carbocycles. The molecule has 1 nitrogen and oxygen atoms in total. The van der Waals surface area contributed by atoms with Gasteiger partial charge in [-0.1, -0.05) is 170 Å². The second-order valence-electron chi connectivity index (χ2n) is 14.5. The van der Waals surface area contributed by atoms with Gasteiger partial charge in [-0.05, 0) is 129 Å². The average Bonchev–Trinajstić information content (AvgIpc) is 3.26. The third-order valence-corrected chi connectivity index (χ3v) is 11.4. The predicted molar refractivity (Wildman–Crippen MR) is 237 cm³/mol. The van der Waals surface area contributed by atoms with E-state index in [-0.39, 0.29) is 0 Å². The first kappa shape index (κ1) is 31.3. The van der Waals surface area contributed by atoms with Crippen molar-refractivity contribution in [2.24, 2.45) is 0 Å². The van der Waals surface area contributed by atoms with Crippen molar-refractivity contribution in [2.45, 2.75) is 0 Å². The molecule has 1 heteroatoms. The molecule has 11 aromatic rings. The number of fused-ring (bicyclic) bond motifs is 10. The highest BCUT2D eigenvalue weighted by molar-refractivity contribution is 6.25. The van der Waals surface area contributed by atoms with Gasteiger partial charge in [0.1, 0.15) is 0 Å². The van der Waals surface area contributed by atoms with Crippen molar-refractivity contribution in [1.29, 1.82) is 0 Å². The molecule has 0 fully saturated rings. The summed E-state index contributed by atoms with van der Waals surface area (Å²) in [4.78, 5) is 2.40. The number of rotatable bonds is 5. The zero-order valence-electron chi connectivity index (χ0n) is 30.2. The van der Waals surface area contributed by atoms with Crippen LogP contribution in [0.15, 0.2) is 212 Å². The Balaban J connectivity index is 1.05. The van der Waals surface area contributed by atoms with E-state index >= 15 is 0 Å². The van der Waals surface area contributed by atoms with Crippen molar-refractivity contribution in [2.75, 3.05) is 4.90 Å². The number of anilines is 3. The van der Waals surface area contributed by atoms with E-state index in [9.17, 15) is 0 Å². The van der Waals surface area contributed by atoms with E-state index in [1.54, 1.807) is 0 Å². The molecule has 11 rings (SSSR count). The molecule has 0 aliphatic heterocycles. The highest BCUT2D eigenvalue weighted by Crippen LogP contribution is 2.42. The summed E-state index contributed by atoms with van der Waals surface area (Å²) in [6.07, 6.45) is 0. The monoisotopic (exact) mass is 697 g/mol. The van der Waals surface area contributed by atoms with Crippen molar-refractivity contribution < 1.29 is 0 Å². The van der Waals surface area contributed by atoms with Gasteiger partial charge in [0.15, 0.2) is 0 Å². The molecule has 0 atom stereocenters. The van der Waals surface area contributed by atoms with Gasteiger partial charge in [-0.15, -0.1) is 0 Å². The molecule has 0 heterocycles. The molecule has 0 saturated carbocycles. The summed E-state index contributed by atoms with van der Waals surface area (Å²) in [5.74, 6) is 0. The van der Waals surface area contributed by atoms with Crippen molar-refractivity contribution in [1.82, 2.24) is 0 Å². The second-order valence-corrected chi connectivity index (χ2v) is 14.5. The second kappa shape index (κ2) is 12.7. The van der Waals surface area contributed by atoms with Gasteiger partial charge in [-0.3, -0.25) is 0 Å². The van der Waals surface area contributed by atoms with Gasteiger partial charge in [0, 0.05) is 17.1 Å². The number of benzene rings is 11. The maximum absolute atomic E-state index is 2.40. The van der Waals surface area contributed by atoms with Crippen molar-refractivity contribution in [3.05, 3.63) is 212 Å². The highest BCUT2D eigenvalue weighted by Gasteiger charge is 2.17. The lowest BCUT2D eigenvalue weighted by Crippen LogP contribution is -2.10. The molecule has 0 amide bonds. The smallest absolute Gasteiger partial charge is 0.0468 e. The molecule has 0 bridgehead atoms. The van der Waals surface area contributed by atoms with E-state index < -0.39 is 0 Å². The van der Waals surface area contributed by atoms with Crippen LogP contribution in [0.1, 0.15) is 0 Å². The zero-order valence-corrected chi connectivity index (χ0v) is 30.2. The summed E-state index contributed by atoms with van der Waals surface area (Å²) in [5, 5.41) is 15.3. The summed E-state index contributed by atoms with van der Waals surface area (Å²) in [5.41, 5.74) is 8.20. The maximum atomic E-state index is 2.40. The summed E-state index contributed by atoms with van der Waals surface area (Å²) >= 11 is 0. The van der Waals surface area contributed by atoms with Crippen molar-refractivity contribution in [3.63, 3.8) is 0 Å². The minimum atomic E-state index is 1.11. The highest BCUT2D eigenvalue weighted by atomic mass is 15.1. The normalized spacial score (nSPS) is 11.6. The third kappa shape index (κ3) is 5.24. The Labute approximate surface area is 320 Å². The number of hydrogen-bond acceptors (Lipinski definition) is 1. The van der Waals surface area contributed by atoms with Crippen LogP contribution < -0.4 is 4.90 Å². The van der Waals surface area contributed by atoms with Crippen LogP contribution in [-0.2, 0) is 0 Å². The number of hydrogen-bond donors (Lipinski definition) is 0. The lowest BCUT2D eigenvalue weighted by atomic mass is 9.94. The molecular formula is C54H35N. The summed E-state index contributed by atoms with van der Waals surface area (Å²) in [6, 6.07) is 77.8. The standard InChI is InChI=1S/C54H35N/c1-3-13-45-37(10-1)12-9-19-47(45)39-24-29-43(30-25-39)55(44-31-33-53-51-17-6-5-15-49(51)50-16-7-8-18-52(50)54(53)35-44)42-27-22-36(23-28-42)40-26-32-48-41(34-40)21-20-38-11-2-4-14-46(38)48/h1-35H. The van der Waals surface area contributed by atoms with Crippen molar-refractivity contribution >= 4 is 81.7 Å². The van der Waals surface area contributed by atoms with Crippen LogP contribution in [0.2, 0.25) is 0 Å². The van der Waals surface area contributed by atoms with E-state index in [1.165, 1.54) is 86.9 Å². The van der Waals surface area contributed by atoms with E-state index in [0.717, 1.165) is 17.1 Å². The minimum absolute atomic E-state index is 1.11.